The van der Waals surface area contributed by atoms with Gasteiger partial charge in [-0.1, -0.05) is 11.6 Å². The first kappa shape index (κ1) is 18.7. The number of nitrogens with one attached hydrogen (secondary N) is 1. The average molecular weight is 393 g/mol. The maximum atomic E-state index is 14.1. The van der Waals surface area contributed by atoms with Crippen LogP contribution in [0.5, 0.6) is 5.75 Å². The second-order valence-electron chi connectivity index (χ2n) is 5.41. The van der Waals surface area contributed by atoms with Crippen LogP contribution in [0.2, 0.25) is 5.02 Å². The van der Waals surface area contributed by atoms with Crippen LogP contribution in [0.3, 0.4) is 0 Å². The van der Waals surface area contributed by atoms with Crippen molar-refractivity contribution in [3.8, 4) is 5.75 Å². The normalized spacial score (nSPS) is 10.8. The SMILES string of the molecule is COCCOc1cc2ncnc(Nc3ccc(Cl)cc3F)c2cc1[N+](=O)[O-]. The molecule has 1 aromatic heterocycles. The molecule has 3 rings (SSSR count). The van der Waals surface area contributed by atoms with Crippen LogP contribution in [-0.4, -0.2) is 35.2 Å². The third kappa shape index (κ3) is 4.21. The fraction of sp³-hybridized carbons (Fsp3) is 0.176. The number of halogens is 2. The minimum atomic E-state index is -0.580. The smallest absolute Gasteiger partial charge is 0.311 e. The minimum absolute atomic E-state index is 0.0619. The van der Waals surface area contributed by atoms with E-state index in [2.05, 4.69) is 15.3 Å². The molecule has 0 radical (unpaired) electrons. The van der Waals surface area contributed by atoms with E-state index in [0.29, 0.717) is 10.9 Å². The van der Waals surface area contributed by atoms with E-state index in [1.807, 2.05) is 0 Å². The number of hydrogen-bond acceptors (Lipinski definition) is 7. The first-order chi connectivity index (χ1) is 13.0. The molecule has 0 saturated heterocycles. The average Bonchev–Trinajstić information content (AvgIpc) is 2.63. The fourth-order valence-electron chi connectivity index (χ4n) is 2.38. The Morgan fingerprint density at radius 3 is 2.78 bits per heavy atom. The zero-order valence-corrected chi connectivity index (χ0v) is 14.9. The molecule has 0 atom stereocenters. The van der Waals surface area contributed by atoms with Gasteiger partial charge in [0.05, 0.1) is 28.1 Å². The Morgan fingerprint density at radius 1 is 1.26 bits per heavy atom. The van der Waals surface area contributed by atoms with E-state index < -0.39 is 10.7 Å². The number of ether oxygens (including phenoxy) is 2. The molecule has 0 amide bonds. The van der Waals surface area contributed by atoms with Crippen LogP contribution < -0.4 is 10.1 Å². The number of nitro benzene ring substituents is 1. The second-order valence-corrected chi connectivity index (χ2v) is 5.84. The van der Waals surface area contributed by atoms with Crippen molar-refractivity contribution in [2.75, 3.05) is 25.6 Å². The summed E-state index contributed by atoms with van der Waals surface area (Å²) in [5.74, 6) is -0.303. The number of methoxy groups -OCH3 is 1. The number of benzene rings is 2. The molecule has 10 heteroatoms. The third-order valence-electron chi connectivity index (χ3n) is 3.64. The van der Waals surface area contributed by atoms with Crippen molar-refractivity contribution in [1.29, 1.82) is 0 Å². The maximum Gasteiger partial charge on any atom is 0.311 e. The molecule has 1 heterocycles. The van der Waals surface area contributed by atoms with Crippen LogP contribution in [0.1, 0.15) is 0 Å². The standard InChI is InChI=1S/C17H14ClFN4O4/c1-26-4-5-27-16-8-14-11(7-15(16)23(24)25)17(21-9-20-14)22-13-3-2-10(18)6-12(13)19/h2-3,6-9H,4-5H2,1H3,(H,20,21,22). The zero-order valence-electron chi connectivity index (χ0n) is 14.1. The lowest BCUT2D eigenvalue weighted by Gasteiger charge is -2.11. The minimum Gasteiger partial charge on any atom is -0.484 e. The summed E-state index contributed by atoms with van der Waals surface area (Å²) in [6.07, 6.45) is 1.27. The second kappa shape index (κ2) is 8.11. The number of aromatic nitrogens is 2. The first-order valence-electron chi connectivity index (χ1n) is 7.76. The maximum absolute atomic E-state index is 14.1. The summed E-state index contributed by atoms with van der Waals surface area (Å²) in [4.78, 5) is 19.0. The van der Waals surface area contributed by atoms with Crippen molar-refractivity contribution in [2.24, 2.45) is 0 Å². The Kier molecular flexibility index (Phi) is 5.63. The lowest BCUT2D eigenvalue weighted by atomic mass is 10.2. The van der Waals surface area contributed by atoms with E-state index in [0.717, 1.165) is 6.07 Å². The van der Waals surface area contributed by atoms with Gasteiger partial charge in [-0.25, -0.2) is 14.4 Å². The highest BCUT2D eigenvalue weighted by atomic mass is 35.5. The molecule has 27 heavy (non-hydrogen) atoms. The molecular formula is C17H14ClFN4O4. The monoisotopic (exact) mass is 392 g/mol. The van der Waals surface area contributed by atoms with Crippen LogP contribution in [0.25, 0.3) is 10.9 Å². The Bertz CT molecular complexity index is 1000. The molecule has 0 aliphatic carbocycles. The van der Waals surface area contributed by atoms with Crippen LogP contribution in [-0.2, 0) is 4.74 Å². The van der Waals surface area contributed by atoms with Gasteiger partial charge in [-0.3, -0.25) is 10.1 Å². The van der Waals surface area contributed by atoms with E-state index >= 15 is 0 Å². The summed E-state index contributed by atoms with van der Waals surface area (Å²) in [5.41, 5.74) is 0.274. The highest BCUT2D eigenvalue weighted by Gasteiger charge is 2.19. The van der Waals surface area contributed by atoms with Crippen molar-refractivity contribution in [3.63, 3.8) is 0 Å². The Morgan fingerprint density at radius 2 is 2.07 bits per heavy atom. The molecule has 8 nitrogen and oxygen atoms in total. The Hall–Kier alpha value is -3.04. The molecule has 0 aliphatic rings. The van der Waals surface area contributed by atoms with E-state index in [-0.39, 0.29) is 41.2 Å². The quantitative estimate of drug-likeness (QED) is 0.367. The third-order valence-corrected chi connectivity index (χ3v) is 3.88. The number of rotatable bonds is 7. The number of anilines is 2. The number of hydrogen-bond donors (Lipinski definition) is 1. The molecular weight excluding hydrogens is 379 g/mol. The van der Waals surface area contributed by atoms with Gasteiger partial charge >= 0.3 is 5.69 Å². The summed E-state index contributed by atoms with van der Waals surface area (Å²) >= 11 is 5.75. The lowest BCUT2D eigenvalue weighted by molar-refractivity contribution is -0.385. The van der Waals surface area contributed by atoms with Gasteiger partial charge in [0.25, 0.3) is 0 Å². The number of fused-ring (bicyclic) bond motifs is 1. The first-order valence-corrected chi connectivity index (χ1v) is 8.14. The number of nitrogens with zero attached hydrogens (tertiary/aromatic N) is 3. The molecule has 2 aromatic carbocycles. The Balaban J connectivity index is 2.04. The van der Waals surface area contributed by atoms with Crippen LogP contribution in [0, 0.1) is 15.9 Å². The van der Waals surface area contributed by atoms with Crippen LogP contribution in [0.15, 0.2) is 36.7 Å². The van der Waals surface area contributed by atoms with Crippen molar-refractivity contribution in [2.45, 2.75) is 0 Å². The largest absolute Gasteiger partial charge is 0.484 e. The van der Waals surface area contributed by atoms with Gasteiger partial charge in [0.1, 0.15) is 24.6 Å². The van der Waals surface area contributed by atoms with E-state index in [4.69, 9.17) is 21.1 Å². The summed E-state index contributed by atoms with van der Waals surface area (Å²) in [6, 6.07) is 6.84. The molecule has 0 bridgehead atoms. The van der Waals surface area contributed by atoms with E-state index in [1.54, 1.807) is 0 Å². The van der Waals surface area contributed by atoms with Gasteiger partial charge in [-0.05, 0) is 18.2 Å². The molecule has 140 valence electrons. The van der Waals surface area contributed by atoms with Gasteiger partial charge < -0.3 is 14.8 Å². The van der Waals surface area contributed by atoms with Crippen LogP contribution in [0.4, 0.5) is 21.6 Å². The van der Waals surface area contributed by atoms with Crippen LogP contribution >= 0.6 is 11.6 Å². The van der Waals surface area contributed by atoms with Crippen molar-refractivity contribution in [1.82, 2.24) is 9.97 Å². The predicted octanol–water partition coefficient (Wildman–Crippen LogP) is 4.10. The zero-order chi connectivity index (χ0) is 19.4. The van der Waals surface area contributed by atoms with Gasteiger partial charge in [0, 0.05) is 24.3 Å². The lowest BCUT2D eigenvalue weighted by Crippen LogP contribution is -2.06. The summed E-state index contributed by atoms with van der Waals surface area (Å²) in [7, 11) is 1.50. The topological polar surface area (TPSA) is 99.4 Å². The summed E-state index contributed by atoms with van der Waals surface area (Å²) < 4.78 is 24.3. The highest BCUT2D eigenvalue weighted by Crippen LogP contribution is 2.35. The fourth-order valence-corrected chi connectivity index (χ4v) is 2.54. The van der Waals surface area contributed by atoms with Crippen molar-refractivity contribution >= 4 is 39.7 Å². The van der Waals surface area contributed by atoms with Gasteiger partial charge in [-0.2, -0.15) is 0 Å². The molecule has 0 unspecified atom stereocenters. The summed E-state index contributed by atoms with van der Waals surface area (Å²) in [6.45, 7) is 0.427. The molecule has 1 N–H and O–H groups in total. The van der Waals surface area contributed by atoms with Crippen molar-refractivity contribution < 1.29 is 18.8 Å². The molecule has 3 aromatic rings. The number of nitro groups is 1. The van der Waals surface area contributed by atoms with Gasteiger partial charge in [0.2, 0.25) is 0 Å². The molecule has 0 saturated carbocycles. The molecule has 0 spiro atoms. The molecule has 0 fully saturated rings. The van der Waals surface area contributed by atoms with Gasteiger partial charge in [0.15, 0.2) is 5.75 Å². The van der Waals surface area contributed by atoms with E-state index in [1.165, 1.54) is 37.7 Å². The van der Waals surface area contributed by atoms with Gasteiger partial charge in [-0.15, -0.1) is 0 Å². The van der Waals surface area contributed by atoms with E-state index in [9.17, 15) is 14.5 Å². The Labute approximate surface area is 158 Å². The summed E-state index contributed by atoms with van der Waals surface area (Å²) in [5, 5.41) is 14.8. The predicted molar refractivity (Wildman–Crippen MR) is 98.3 cm³/mol. The van der Waals surface area contributed by atoms with Crippen molar-refractivity contribution in [3.05, 3.63) is 57.6 Å². The highest BCUT2D eigenvalue weighted by molar-refractivity contribution is 6.30. The molecule has 0 aliphatic heterocycles.